The van der Waals surface area contributed by atoms with E-state index >= 15 is 0 Å². The van der Waals surface area contributed by atoms with E-state index in [1.165, 1.54) is 21.9 Å². The van der Waals surface area contributed by atoms with Gasteiger partial charge in [-0.3, -0.25) is 14.6 Å². The van der Waals surface area contributed by atoms with Crippen LogP contribution in [0.25, 0.3) is 0 Å². The summed E-state index contributed by atoms with van der Waals surface area (Å²) in [5, 5.41) is 8.91. The van der Waals surface area contributed by atoms with Gasteiger partial charge in [0.1, 0.15) is 0 Å². The Morgan fingerprint density at radius 1 is 1.33 bits per heavy atom. The molecule has 1 saturated heterocycles. The van der Waals surface area contributed by atoms with Gasteiger partial charge in [0.25, 0.3) is 5.91 Å². The van der Waals surface area contributed by atoms with Gasteiger partial charge in [0.2, 0.25) is 0 Å². The summed E-state index contributed by atoms with van der Waals surface area (Å²) in [4.78, 5) is 28.1. The van der Waals surface area contributed by atoms with Gasteiger partial charge in [0.05, 0.1) is 6.54 Å². The van der Waals surface area contributed by atoms with E-state index in [9.17, 15) is 22.4 Å². The van der Waals surface area contributed by atoms with Crippen LogP contribution >= 0.6 is 0 Å². The van der Waals surface area contributed by atoms with E-state index in [-0.39, 0.29) is 25.5 Å². The third-order valence-electron chi connectivity index (χ3n) is 6.32. The number of fused-ring (bicyclic) bond motifs is 1. The maximum Gasteiger partial charge on any atom is 0.328 e. The zero-order valence-electron chi connectivity index (χ0n) is 18.8. The summed E-state index contributed by atoms with van der Waals surface area (Å²) in [5.74, 6) is 9.61. The SMILES string of the molecule is CN1CCC(F)(C#CC#Cc2cc3n(c2)C(=O)N(CC[C@](C)(C(=O)NO)S(C)(=O)=O)C3)CC1. The molecule has 1 aromatic heterocycles. The van der Waals surface area contributed by atoms with E-state index < -0.39 is 26.2 Å². The number of piperidine rings is 1. The molecule has 1 aromatic rings. The quantitative estimate of drug-likeness (QED) is 0.367. The van der Waals surface area contributed by atoms with Crippen LogP contribution in [0.3, 0.4) is 0 Å². The first kappa shape index (κ1) is 24.8. The fraction of sp³-hybridized carbons (Fsp3) is 0.545. The monoisotopic (exact) mass is 478 g/mol. The Bertz CT molecular complexity index is 1180. The first-order chi connectivity index (χ1) is 15.4. The molecule has 0 aliphatic carbocycles. The molecule has 0 radical (unpaired) electrons. The zero-order valence-corrected chi connectivity index (χ0v) is 19.6. The van der Waals surface area contributed by atoms with Crippen molar-refractivity contribution in [1.82, 2.24) is 19.8 Å². The number of hydrogen-bond acceptors (Lipinski definition) is 6. The molecule has 2 amide bonds. The molecule has 0 unspecified atom stereocenters. The minimum Gasteiger partial charge on any atom is -0.318 e. The van der Waals surface area contributed by atoms with Gasteiger partial charge in [-0.2, -0.15) is 0 Å². The smallest absolute Gasteiger partial charge is 0.318 e. The lowest BCUT2D eigenvalue weighted by atomic mass is 9.94. The maximum atomic E-state index is 14.6. The second-order valence-electron chi connectivity index (χ2n) is 8.76. The van der Waals surface area contributed by atoms with Gasteiger partial charge < -0.3 is 9.80 Å². The van der Waals surface area contributed by atoms with E-state index in [0.29, 0.717) is 37.2 Å². The molecular formula is C22H27FN4O5S. The molecule has 0 spiro atoms. The Hall–Kier alpha value is -2.86. The van der Waals surface area contributed by atoms with Crippen molar-refractivity contribution in [3.63, 3.8) is 0 Å². The fourth-order valence-corrected chi connectivity index (χ4v) is 4.59. The highest BCUT2D eigenvalue weighted by atomic mass is 32.2. The van der Waals surface area contributed by atoms with Crippen LogP contribution in [-0.4, -0.2) is 83.3 Å². The number of hydrogen-bond donors (Lipinski definition) is 2. The molecule has 2 aliphatic rings. The van der Waals surface area contributed by atoms with Crippen LogP contribution in [0.15, 0.2) is 12.3 Å². The summed E-state index contributed by atoms with van der Waals surface area (Å²) in [6.45, 7) is 2.72. The second kappa shape index (κ2) is 9.18. The van der Waals surface area contributed by atoms with Crippen molar-refractivity contribution in [3.8, 4) is 23.7 Å². The second-order valence-corrected chi connectivity index (χ2v) is 11.2. The summed E-state index contributed by atoms with van der Waals surface area (Å²) in [5.41, 5.74) is 1.08. The van der Waals surface area contributed by atoms with Crippen LogP contribution in [0.4, 0.5) is 9.18 Å². The van der Waals surface area contributed by atoms with Crippen molar-refractivity contribution in [3.05, 3.63) is 23.5 Å². The standard InChI is InChI=1S/C22H27FN4O5S/c1-21(19(28)24-30,33(3,31)32)8-13-26-16-18-14-17(15-27(18)20(26)29)6-4-5-7-22(23)9-11-25(2)12-10-22/h14-15,30H,8-13,16H2,1-3H3,(H,24,28)/t21-/m1/s1. The number of sulfone groups is 1. The lowest BCUT2D eigenvalue weighted by molar-refractivity contribution is -0.131. The predicted molar refractivity (Wildman–Crippen MR) is 119 cm³/mol. The van der Waals surface area contributed by atoms with Crippen molar-refractivity contribution >= 4 is 21.8 Å². The highest BCUT2D eigenvalue weighted by molar-refractivity contribution is 7.92. The molecule has 1 atom stereocenters. The van der Waals surface area contributed by atoms with Gasteiger partial charge in [0.15, 0.2) is 20.3 Å². The van der Waals surface area contributed by atoms with Crippen LogP contribution in [0.1, 0.15) is 37.4 Å². The molecule has 3 rings (SSSR count). The van der Waals surface area contributed by atoms with Crippen molar-refractivity contribution in [1.29, 1.82) is 0 Å². The largest absolute Gasteiger partial charge is 0.328 e. The highest BCUT2D eigenvalue weighted by Crippen LogP contribution is 2.26. The Morgan fingerprint density at radius 3 is 2.58 bits per heavy atom. The van der Waals surface area contributed by atoms with Gasteiger partial charge in [-0.1, -0.05) is 5.92 Å². The molecule has 9 nitrogen and oxygen atoms in total. The lowest BCUT2D eigenvalue weighted by Gasteiger charge is -2.30. The first-order valence-electron chi connectivity index (χ1n) is 10.4. The molecule has 0 aromatic carbocycles. The molecule has 11 heteroatoms. The number of halogens is 1. The number of aromatic nitrogens is 1. The molecule has 2 N–H and O–H groups in total. The van der Waals surface area contributed by atoms with Crippen molar-refractivity contribution < 1.29 is 27.6 Å². The van der Waals surface area contributed by atoms with Gasteiger partial charge >= 0.3 is 6.03 Å². The number of carbonyl (C=O) groups excluding carboxylic acids is 2. The van der Waals surface area contributed by atoms with Gasteiger partial charge in [-0.25, -0.2) is 23.1 Å². The molecular weight excluding hydrogens is 451 g/mol. The number of rotatable bonds is 5. The average molecular weight is 479 g/mol. The molecule has 3 heterocycles. The minimum atomic E-state index is -3.85. The Kier molecular flexibility index (Phi) is 6.89. The van der Waals surface area contributed by atoms with Crippen LogP contribution in [0.5, 0.6) is 0 Å². The molecule has 2 aliphatic heterocycles. The Morgan fingerprint density at radius 2 is 2.00 bits per heavy atom. The van der Waals surface area contributed by atoms with Crippen LogP contribution in [0.2, 0.25) is 0 Å². The fourth-order valence-electron chi connectivity index (χ4n) is 3.75. The summed E-state index contributed by atoms with van der Waals surface area (Å²) in [6, 6.07) is 1.34. The van der Waals surface area contributed by atoms with Crippen LogP contribution in [0, 0.1) is 23.7 Å². The number of hydroxylamine groups is 1. The van der Waals surface area contributed by atoms with Crippen LogP contribution < -0.4 is 5.48 Å². The van der Waals surface area contributed by atoms with Gasteiger partial charge in [-0.15, -0.1) is 0 Å². The molecule has 0 saturated carbocycles. The van der Waals surface area contributed by atoms with Gasteiger partial charge in [0, 0.05) is 56.2 Å². The Labute approximate surface area is 192 Å². The first-order valence-corrected chi connectivity index (χ1v) is 12.3. The summed E-state index contributed by atoms with van der Waals surface area (Å²) >= 11 is 0. The molecule has 33 heavy (non-hydrogen) atoms. The van der Waals surface area contributed by atoms with E-state index in [0.717, 1.165) is 6.26 Å². The number of carbonyl (C=O) groups is 2. The third-order valence-corrected chi connectivity index (χ3v) is 8.35. The normalized spacial score (nSPS) is 19.5. The molecule has 178 valence electrons. The summed E-state index contributed by atoms with van der Waals surface area (Å²) in [6.07, 6.45) is 2.97. The third kappa shape index (κ3) is 5.22. The summed E-state index contributed by atoms with van der Waals surface area (Å²) in [7, 11) is -1.91. The average Bonchev–Trinajstić information content (AvgIpc) is 3.29. The van der Waals surface area contributed by atoms with Crippen molar-refractivity contribution in [2.24, 2.45) is 0 Å². The predicted octanol–water partition coefficient (Wildman–Crippen LogP) is 0.759. The van der Waals surface area contributed by atoms with E-state index in [1.807, 2.05) is 7.05 Å². The minimum absolute atomic E-state index is 0.00222. The maximum absolute atomic E-state index is 14.6. The highest BCUT2D eigenvalue weighted by Gasteiger charge is 2.44. The lowest BCUT2D eigenvalue weighted by Crippen LogP contribution is -2.50. The van der Waals surface area contributed by atoms with Crippen LogP contribution in [-0.2, 0) is 21.2 Å². The topological polar surface area (TPSA) is 112 Å². The number of likely N-dealkylation sites (tertiary alicyclic amines) is 1. The number of nitrogens with zero attached hydrogens (tertiary/aromatic N) is 3. The number of nitrogens with one attached hydrogen (secondary N) is 1. The number of amides is 2. The van der Waals surface area contributed by atoms with E-state index in [4.69, 9.17) is 5.21 Å². The number of alkyl halides is 1. The van der Waals surface area contributed by atoms with Gasteiger partial charge in [-0.05, 0) is 44.2 Å². The van der Waals surface area contributed by atoms with E-state index in [2.05, 4.69) is 28.6 Å². The van der Waals surface area contributed by atoms with Crippen molar-refractivity contribution in [2.75, 3.05) is 32.9 Å². The zero-order chi connectivity index (χ0) is 24.4. The Balaban J connectivity index is 1.64. The van der Waals surface area contributed by atoms with Crippen molar-refractivity contribution in [2.45, 2.75) is 43.1 Å². The molecule has 0 bridgehead atoms. The van der Waals surface area contributed by atoms with E-state index in [1.54, 1.807) is 12.3 Å². The summed E-state index contributed by atoms with van der Waals surface area (Å²) < 4.78 is 38.3. The molecule has 1 fully saturated rings.